The first kappa shape index (κ1) is 21.4. The van der Waals surface area contributed by atoms with Gasteiger partial charge in [0.15, 0.2) is 0 Å². The van der Waals surface area contributed by atoms with Crippen molar-refractivity contribution in [1.82, 2.24) is 24.9 Å². The third kappa shape index (κ3) is 4.68. The Kier molecular flexibility index (Phi) is 5.50. The fourth-order valence-electron chi connectivity index (χ4n) is 4.45. The number of hydrogen-bond donors (Lipinski definition) is 2. The molecule has 0 atom stereocenters. The van der Waals surface area contributed by atoms with Crippen LogP contribution in [-0.4, -0.2) is 54.6 Å². The van der Waals surface area contributed by atoms with Crippen LogP contribution in [0.4, 0.5) is 0 Å². The van der Waals surface area contributed by atoms with E-state index in [0.29, 0.717) is 13.0 Å². The van der Waals surface area contributed by atoms with Crippen LogP contribution in [0, 0.1) is 0 Å². The lowest BCUT2D eigenvalue weighted by atomic mass is 10.0. The third-order valence-electron chi connectivity index (χ3n) is 6.12. The van der Waals surface area contributed by atoms with Gasteiger partial charge in [0.25, 0.3) is 5.91 Å². The highest BCUT2D eigenvalue weighted by Gasteiger charge is 2.20. The van der Waals surface area contributed by atoms with Crippen molar-refractivity contribution in [2.24, 2.45) is 0 Å². The zero-order valence-corrected chi connectivity index (χ0v) is 19.1. The van der Waals surface area contributed by atoms with Crippen LogP contribution in [0.3, 0.4) is 0 Å². The Morgan fingerprint density at radius 3 is 2.58 bits per heavy atom. The third-order valence-corrected chi connectivity index (χ3v) is 6.12. The van der Waals surface area contributed by atoms with E-state index in [0.717, 1.165) is 64.8 Å². The first-order valence-corrected chi connectivity index (χ1v) is 11.5. The van der Waals surface area contributed by atoms with Crippen molar-refractivity contribution >= 4 is 16.8 Å². The van der Waals surface area contributed by atoms with E-state index < -0.39 is 5.60 Å². The molecule has 170 valence electrons. The summed E-state index contributed by atoms with van der Waals surface area (Å²) in [5, 5.41) is 22.9. The molecule has 0 saturated carbocycles. The second kappa shape index (κ2) is 8.48. The van der Waals surface area contributed by atoms with Crippen LogP contribution in [0.1, 0.15) is 48.3 Å². The minimum Gasteiger partial charge on any atom is -0.389 e. The Morgan fingerprint density at radius 2 is 1.85 bits per heavy atom. The van der Waals surface area contributed by atoms with Gasteiger partial charge < -0.3 is 10.0 Å². The van der Waals surface area contributed by atoms with Gasteiger partial charge in [-0.2, -0.15) is 10.2 Å². The smallest absolute Gasteiger partial charge is 0.253 e. The molecule has 1 saturated heterocycles. The fourth-order valence-corrected chi connectivity index (χ4v) is 4.45. The molecule has 2 N–H and O–H groups in total. The SMILES string of the molecule is CC(C)(O)Cn1cc(-c2ccc(Cc3[nH]nc4ccc(C(=O)N5CCCC5)cc34)cc2)cn1. The molecule has 0 bridgehead atoms. The molecule has 7 nitrogen and oxygen atoms in total. The summed E-state index contributed by atoms with van der Waals surface area (Å²) in [6.45, 7) is 5.68. The monoisotopic (exact) mass is 443 g/mol. The van der Waals surface area contributed by atoms with Gasteiger partial charge in [0.1, 0.15) is 0 Å². The average molecular weight is 444 g/mol. The van der Waals surface area contributed by atoms with Crippen LogP contribution in [-0.2, 0) is 13.0 Å². The van der Waals surface area contributed by atoms with Crippen LogP contribution < -0.4 is 0 Å². The number of hydrogen-bond acceptors (Lipinski definition) is 4. The number of nitrogens with zero attached hydrogens (tertiary/aromatic N) is 4. The van der Waals surface area contributed by atoms with Crippen LogP contribution in [0.5, 0.6) is 0 Å². The predicted octanol–water partition coefficient (Wildman–Crippen LogP) is 4.02. The van der Waals surface area contributed by atoms with Gasteiger partial charge in [0.2, 0.25) is 0 Å². The summed E-state index contributed by atoms with van der Waals surface area (Å²) in [5.74, 6) is 0.107. The number of carbonyl (C=O) groups excluding carboxylic acids is 1. The first-order chi connectivity index (χ1) is 15.9. The highest BCUT2D eigenvalue weighted by atomic mass is 16.3. The Bertz CT molecular complexity index is 1270. The van der Waals surface area contributed by atoms with Crippen molar-refractivity contribution in [2.75, 3.05) is 13.1 Å². The summed E-state index contributed by atoms with van der Waals surface area (Å²) >= 11 is 0. The minimum atomic E-state index is -0.807. The van der Waals surface area contributed by atoms with Crippen molar-refractivity contribution < 1.29 is 9.90 Å². The van der Waals surface area contributed by atoms with Crippen molar-refractivity contribution in [2.45, 2.75) is 45.3 Å². The van der Waals surface area contributed by atoms with Crippen LogP contribution >= 0.6 is 0 Å². The lowest BCUT2D eigenvalue weighted by molar-refractivity contribution is 0.0577. The highest BCUT2D eigenvalue weighted by molar-refractivity contribution is 5.98. The number of nitrogens with one attached hydrogen (secondary N) is 1. The number of fused-ring (bicyclic) bond motifs is 1. The fraction of sp³-hybridized carbons (Fsp3) is 0.346. The largest absolute Gasteiger partial charge is 0.389 e. The molecule has 1 aliphatic heterocycles. The molecule has 5 rings (SSSR count). The van der Waals surface area contributed by atoms with Gasteiger partial charge in [-0.25, -0.2) is 0 Å². The second-order valence-electron chi connectivity index (χ2n) is 9.55. The predicted molar refractivity (Wildman–Crippen MR) is 128 cm³/mol. The van der Waals surface area contributed by atoms with Gasteiger partial charge in [-0.15, -0.1) is 0 Å². The maximum Gasteiger partial charge on any atom is 0.253 e. The molecule has 0 spiro atoms. The van der Waals surface area contributed by atoms with E-state index in [1.165, 1.54) is 0 Å². The first-order valence-electron chi connectivity index (χ1n) is 11.5. The molecule has 1 amide bonds. The molecule has 2 aromatic carbocycles. The van der Waals surface area contributed by atoms with Crippen LogP contribution in [0.2, 0.25) is 0 Å². The Balaban J connectivity index is 1.33. The minimum absolute atomic E-state index is 0.107. The van der Waals surface area contributed by atoms with Crippen LogP contribution in [0.25, 0.3) is 22.0 Å². The van der Waals surface area contributed by atoms with Crippen molar-refractivity contribution in [3.05, 3.63) is 71.7 Å². The molecule has 7 heteroatoms. The maximum atomic E-state index is 12.8. The Hall–Kier alpha value is -3.45. The summed E-state index contributed by atoms with van der Waals surface area (Å²) in [6, 6.07) is 14.2. The summed E-state index contributed by atoms with van der Waals surface area (Å²) in [6.07, 6.45) is 6.65. The molecule has 4 aromatic rings. The summed E-state index contributed by atoms with van der Waals surface area (Å²) < 4.78 is 1.76. The molecule has 2 aromatic heterocycles. The molecule has 0 aliphatic carbocycles. The standard InChI is InChI=1S/C26H29N5O2/c1-26(2,33)17-31-16-21(15-27-31)19-7-5-18(6-8-19)13-24-22-14-20(9-10-23(22)28-29-24)25(32)30-11-3-4-12-30/h5-10,14-16,33H,3-4,11-13,17H2,1-2H3,(H,28,29). The number of aromatic amines is 1. The van der Waals surface area contributed by atoms with Gasteiger partial charge in [-0.1, -0.05) is 24.3 Å². The van der Waals surface area contributed by atoms with E-state index in [1.54, 1.807) is 18.5 Å². The van der Waals surface area contributed by atoms with Crippen molar-refractivity contribution in [3.8, 4) is 11.1 Å². The number of aliphatic hydroxyl groups is 1. The highest BCUT2D eigenvalue weighted by Crippen LogP contribution is 2.24. The van der Waals surface area contributed by atoms with E-state index in [2.05, 4.69) is 39.6 Å². The number of H-pyrrole nitrogens is 1. The normalized spacial score (nSPS) is 14.3. The van der Waals surface area contributed by atoms with Gasteiger partial charge in [-0.3, -0.25) is 14.6 Å². The molecular weight excluding hydrogens is 414 g/mol. The molecule has 3 heterocycles. The number of aromatic nitrogens is 4. The van der Waals surface area contributed by atoms with Crippen molar-refractivity contribution in [3.63, 3.8) is 0 Å². The van der Waals surface area contributed by atoms with Gasteiger partial charge in [0, 0.05) is 47.9 Å². The number of carbonyl (C=O) groups is 1. The summed E-state index contributed by atoms with van der Waals surface area (Å²) in [7, 11) is 0. The van der Waals surface area contributed by atoms with Gasteiger partial charge in [-0.05, 0) is 56.0 Å². The molecule has 0 radical (unpaired) electrons. The summed E-state index contributed by atoms with van der Waals surface area (Å²) in [4.78, 5) is 14.7. The number of rotatable bonds is 6. The Labute approximate surface area is 193 Å². The van der Waals surface area contributed by atoms with E-state index in [1.807, 2.05) is 35.5 Å². The lowest BCUT2D eigenvalue weighted by Gasteiger charge is -2.16. The second-order valence-corrected chi connectivity index (χ2v) is 9.55. The molecule has 33 heavy (non-hydrogen) atoms. The Morgan fingerprint density at radius 1 is 1.09 bits per heavy atom. The van der Waals surface area contributed by atoms with E-state index in [4.69, 9.17) is 0 Å². The van der Waals surface area contributed by atoms with Crippen LogP contribution in [0.15, 0.2) is 54.9 Å². The van der Waals surface area contributed by atoms with E-state index in [9.17, 15) is 9.90 Å². The van der Waals surface area contributed by atoms with Gasteiger partial charge >= 0.3 is 0 Å². The number of likely N-dealkylation sites (tertiary alicyclic amines) is 1. The number of benzene rings is 2. The van der Waals surface area contributed by atoms with E-state index in [-0.39, 0.29) is 5.91 Å². The molecule has 0 unspecified atom stereocenters. The summed E-state index contributed by atoms with van der Waals surface area (Å²) in [5.41, 5.74) is 5.05. The quantitative estimate of drug-likeness (QED) is 0.471. The zero-order chi connectivity index (χ0) is 23.0. The number of amides is 1. The zero-order valence-electron chi connectivity index (χ0n) is 19.1. The lowest BCUT2D eigenvalue weighted by Crippen LogP contribution is -2.27. The van der Waals surface area contributed by atoms with Crippen molar-refractivity contribution in [1.29, 1.82) is 0 Å². The topological polar surface area (TPSA) is 87.0 Å². The average Bonchev–Trinajstić information content (AvgIpc) is 3.54. The van der Waals surface area contributed by atoms with Gasteiger partial charge in [0.05, 0.1) is 23.9 Å². The molecular formula is C26H29N5O2. The molecule has 1 aliphatic rings. The molecule has 1 fully saturated rings. The maximum absolute atomic E-state index is 12.8. The van der Waals surface area contributed by atoms with E-state index >= 15 is 0 Å².